The third kappa shape index (κ3) is 4.52. The molecule has 0 heterocycles. The SMILES string of the molecule is CC(Oc1cccc2ccccc12)C(=O)NCCc1ccc(Cl)cc1. The van der Waals surface area contributed by atoms with E-state index < -0.39 is 6.10 Å². The van der Waals surface area contributed by atoms with Crippen LogP contribution in [0.4, 0.5) is 0 Å². The first kappa shape index (κ1) is 17.3. The summed E-state index contributed by atoms with van der Waals surface area (Å²) in [7, 11) is 0. The molecule has 25 heavy (non-hydrogen) atoms. The molecule has 1 unspecified atom stereocenters. The lowest BCUT2D eigenvalue weighted by atomic mass is 10.1. The topological polar surface area (TPSA) is 38.3 Å². The van der Waals surface area contributed by atoms with Gasteiger partial charge in [-0.2, -0.15) is 0 Å². The number of hydrogen-bond acceptors (Lipinski definition) is 2. The van der Waals surface area contributed by atoms with Gasteiger partial charge in [0, 0.05) is 17.0 Å². The summed E-state index contributed by atoms with van der Waals surface area (Å²) in [4.78, 5) is 12.3. The largest absolute Gasteiger partial charge is 0.480 e. The number of ether oxygens (including phenoxy) is 1. The van der Waals surface area contributed by atoms with Crippen LogP contribution in [0.1, 0.15) is 12.5 Å². The molecule has 0 aromatic heterocycles. The van der Waals surface area contributed by atoms with Gasteiger partial charge in [0.1, 0.15) is 5.75 Å². The molecule has 3 aromatic carbocycles. The maximum atomic E-state index is 12.3. The fraction of sp³-hybridized carbons (Fsp3) is 0.190. The molecule has 0 saturated carbocycles. The molecule has 1 N–H and O–H groups in total. The standard InChI is InChI=1S/C21H20ClNO2/c1-15(21(24)23-14-13-16-9-11-18(22)12-10-16)25-20-8-4-6-17-5-2-3-7-19(17)20/h2-12,15H,13-14H2,1H3,(H,23,24). The molecule has 3 aromatic rings. The average Bonchev–Trinajstić information content (AvgIpc) is 2.63. The summed E-state index contributed by atoms with van der Waals surface area (Å²) in [5, 5.41) is 5.73. The van der Waals surface area contributed by atoms with Gasteiger partial charge in [-0.3, -0.25) is 4.79 Å². The van der Waals surface area contributed by atoms with E-state index in [2.05, 4.69) is 5.32 Å². The van der Waals surface area contributed by atoms with Crippen LogP contribution in [0.15, 0.2) is 66.7 Å². The molecule has 3 nitrogen and oxygen atoms in total. The maximum Gasteiger partial charge on any atom is 0.260 e. The van der Waals surface area contributed by atoms with Gasteiger partial charge in [-0.25, -0.2) is 0 Å². The van der Waals surface area contributed by atoms with E-state index in [1.54, 1.807) is 6.92 Å². The van der Waals surface area contributed by atoms with Crippen molar-refractivity contribution < 1.29 is 9.53 Å². The number of hydrogen-bond donors (Lipinski definition) is 1. The summed E-state index contributed by atoms with van der Waals surface area (Å²) >= 11 is 5.87. The van der Waals surface area contributed by atoms with Crippen molar-refractivity contribution >= 4 is 28.3 Å². The summed E-state index contributed by atoms with van der Waals surface area (Å²) in [6, 6.07) is 21.5. The van der Waals surface area contributed by atoms with E-state index in [9.17, 15) is 4.79 Å². The van der Waals surface area contributed by atoms with Crippen molar-refractivity contribution in [2.24, 2.45) is 0 Å². The summed E-state index contributed by atoms with van der Waals surface area (Å²) in [5.41, 5.74) is 1.13. The predicted molar refractivity (Wildman–Crippen MR) is 102 cm³/mol. The van der Waals surface area contributed by atoms with Gasteiger partial charge >= 0.3 is 0 Å². The highest BCUT2D eigenvalue weighted by molar-refractivity contribution is 6.30. The van der Waals surface area contributed by atoms with E-state index in [-0.39, 0.29) is 5.91 Å². The second-order valence-corrected chi connectivity index (χ2v) is 6.34. The zero-order valence-electron chi connectivity index (χ0n) is 14.0. The fourth-order valence-corrected chi connectivity index (χ4v) is 2.79. The Morgan fingerprint density at radius 1 is 1.04 bits per heavy atom. The van der Waals surface area contributed by atoms with Crippen LogP contribution in [0.5, 0.6) is 5.75 Å². The fourth-order valence-electron chi connectivity index (χ4n) is 2.67. The Bertz CT molecular complexity index is 856. The van der Waals surface area contributed by atoms with E-state index >= 15 is 0 Å². The molecular formula is C21H20ClNO2. The molecule has 0 bridgehead atoms. The molecule has 0 spiro atoms. The summed E-state index contributed by atoms with van der Waals surface area (Å²) in [6.07, 6.45) is 0.195. The summed E-state index contributed by atoms with van der Waals surface area (Å²) < 4.78 is 5.88. The molecule has 0 aliphatic heterocycles. The lowest BCUT2D eigenvalue weighted by Gasteiger charge is -2.16. The van der Waals surface area contributed by atoms with Crippen molar-refractivity contribution in [1.82, 2.24) is 5.32 Å². The van der Waals surface area contributed by atoms with Crippen LogP contribution in [-0.2, 0) is 11.2 Å². The van der Waals surface area contributed by atoms with Gasteiger partial charge in [0.15, 0.2) is 6.10 Å². The Kier molecular flexibility index (Phi) is 5.56. The van der Waals surface area contributed by atoms with Gasteiger partial charge in [-0.1, -0.05) is 60.1 Å². The molecule has 0 saturated heterocycles. The van der Waals surface area contributed by atoms with Gasteiger partial charge in [-0.15, -0.1) is 0 Å². The van der Waals surface area contributed by atoms with Crippen molar-refractivity contribution in [3.05, 3.63) is 77.3 Å². The van der Waals surface area contributed by atoms with Crippen molar-refractivity contribution in [2.45, 2.75) is 19.4 Å². The van der Waals surface area contributed by atoms with Crippen LogP contribution in [0.2, 0.25) is 5.02 Å². The number of carbonyl (C=O) groups excluding carboxylic acids is 1. The molecule has 0 aliphatic carbocycles. The van der Waals surface area contributed by atoms with Gasteiger partial charge < -0.3 is 10.1 Å². The normalized spacial score (nSPS) is 11.9. The third-order valence-electron chi connectivity index (χ3n) is 4.05. The minimum atomic E-state index is -0.559. The van der Waals surface area contributed by atoms with E-state index in [0.717, 1.165) is 28.5 Å². The minimum absolute atomic E-state index is 0.123. The Balaban J connectivity index is 1.56. The van der Waals surface area contributed by atoms with E-state index in [0.29, 0.717) is 11.6 Å². The zero-order chi connectivity index (χ0) is 17.6. The van der Waals surface area contributed by atoms with Crippen LogP contribution in [-0.4, -0.2) is 18.6 Å². The van der Waals surface area contributed by atoms with Gasteiger partial charge in [-0.05, 0) is 42.5 Å². The minimum Gasteiger partial charge on any atom is -0.480 e. The quantitative estimate of drug-likeness (QED) is 0.702. The Morgan fingerprint density at radius 2 is 1.76 bits per heavy atom. The molecule has 0 fully saturated rings. The second-order valence-electron chi connectivity index (χ2n) is 5.90. The molecule has 1 amide bonds. The van der Waals surface area contributed by atoms with Gasteiger partial charge in [0.25, 0.3) is 5.91 Å². The highest BCUT2D eigenvalue weighted by atomic mass is 35.5. The molecule has 1 atom stereocenters. The highest BCUT2D eigenvalue weighted by Gasteiger charge is 2.15. The van der Waals surface area contributed by atoms with Crippen molar-refractivity contribution in [3.63, 3.8) is 0 Å². The summed E-state index contributed by atoms with van der Waals surface area (Å²) in [6.45, 7) is 2.32. The number of rotatable bonds is 6. The van der Waals surface area contributed by atoms with Crippen molar-refractivity contribution in [3.8, 4) is 5.75 Å². The molecular weight excluding hydrogens is 334 g/mol. The molecule has 0 aliphatic rings. The number of nitrogens with one attached hydrogen (secondary N) is 1. The lowest BCUT2D eigenvalue weighted by Crippen LogP contribution is -2.37. The number of carbonyl (C=O) groups is 1. The van der Waals surface area contributed by atoms with E-state index in [1.165, 1.54) is 0 Å². The van der Waals surface area contributed by atoms with Crippen molar-refractivity contribution in [2.75, 3.05) is 6.54 Å². The van der Waals surface area contributed by atoms with Crippen LogP contribution < -0.4 is 10.1 Å². The van der Waals surface area contributed by atoms with Crippen LogP contribution in [0.3, 0.4) is 0 Å². The molecule has 3 rings (SSSR count). The molecule has 4 heteroatoms. The van der Waals surface area contributed by atoms with Crippen LogP contribution in [0.25, 0.3) is 10.8 Å². The Labute approximate surface area is 152 Å². The monoisotopic (exact) mass is 353 g/mol. The number of amides is 1. The molecule has 128 valence electrons. The lowest BCUT2D eigenvalue weighted by molar-refractivity contribution is -0.127. The van der Waals surface area contributed by atoms with Crippen molar-refractivity contribution in [1.29, 1.82) is 0 Å². The van der Waals surface area contributed by atoms with E-state index in [1.807, 2.05) is 66.7 Å². The van der Waals surface area contributed by atoms with Crippen LogP contribution >= 0.6 is 11.6 Å². The smallest absolute Gasteiger partial charge is 0.260 e. The first-order valence-electron chi connectivity index (χ1n) is 8.30. The second kappa shape index (κ2) is 8.04. The Hall–Kier alpha value is -2.52. The first-order chi connectivity index (χ1) is 12.1. The number of halogens is 1. The van der Waals surface area contributed by atoms with Gasteiger partial charge in [0.2, 0.25) is 0 Å². The zero-order valence-corrected chi connectivity index (χ0v) is 14.8. The average molecular weight is 354 g/mol. The number of fused-ring (bicyclic) bond motifs is 1. The Morgan fingerprint density at radius 3 is 2.56 bits per heavy atom. The first-order valence-corrected chi connectivity index (χ1v) is 8.68. The molecule has 0 radical (unpaired) electrons. The highest BCUT2D eigenvalue weighted by Crippen LogP contribution is 2.26. The van der Waals surface area contributed by atoms with Crippen LogP contribution in [0, 0.1) is 0 Å². The maximum absolute atomic E-state index is 12.3. The van der Waals surface area contributed by atoms with E-state index in [4.69, 9.17) is 16.3 Å². The number of benzene rings is 3. The third-order valence-corrected chi connectivity index (χ3v) is 4.30. The van der Waals surface area contributed by atoms with Gasteiger partial charge in [0.05, 0.1) is 0 Å². The summed E-state index contributed by atoms with van der Waals surface area (Å²) in [5.74, 6) is 0.598. The predicted octanol–water partition coefficient (Wildman–Crippen LogP) is 4.62.